The van der Waals surface area contributed by atoms with Gasteiger partial charge in [-0.3, -0.25) is 0 Å². The zero-order valence-electron chi connectivity index (χ0n) is 7.22. The summed E-state index contributed by atoms with van der Waals surface area (Å²) in [5, 5.41) is 11.8. The lowest BCUT2D eigenvalue weighted by atomic mass is 10.1. The highest BCUT2D eigenvalue weighted by Crippen LogP contribution is 2.18. The molecule has 0 aliphatic rings. The Bertz CT molecular complexity index is 289. The van der Waals surface area contributed by atoms with Crippen LogP contribution in [-0.4, -0.2) is 18.8 Å². The van der Waals surface area contributed by atoms with Crippen molar-refractivity contribution in [1.82, 2.24) is 5.32 Å². The molecule has 2 N–H and O–H groups in total. The monoisotopic (exact) mass is 295 g/mol. The van der Waals surface area contributed by atoms with Crippen LogP contribution in [0.1, 0.15) is 11.6 Å². The Morgan fingerprint density at radius 1 is 1.62 bits per heavy atom. The van der Waals surface area contributed by atoms with Gasteiger partial charge in [0.2, 0.25) is 0 Å². The lowest BCUT2D eigenvalue weighted by Crippen LogP contribution is -2.21. The van der Waals surface area contributed by atoms with Crippen LogP contribution in [0.2, 0.25) is 0 Å². The summed E-state index contributed by atoms with van der Waals surface area (Å²) in [6.07, 6.45) is 0. The summed E-state index contributed by atoms with van der Waals surface area (Å²) >= 11 is 2.05. The maximum atomic E-state index is 13.3. The van der Waals surface area contributed by atoms with Crippen LogP contribution in [0.4, 0.5) is 4.39 Å². The molecule has 0 radical (unpaired) electrons. The predicted octanol–water partition coefficient (Wildman–Crippen LogP) is 1.68. The second-order valence-electron chi connectivity index (χ2n) is 2.69. The molecule has 0 bridgehead atoms. The molecule has 0 unspecified atom stereocenters. The first-order valence-corrected chi connectivity index (χ1v) is 5.00. The topological polar surface area (TPSA) is 32.3 Å². The van der Waals surface area contributed by atoms with E-state index in [1.165, 1.54) is 6.07 Å². The van der Waals surface area contributed by atoms with Gasteiger partial charge in [-0.15, -0.1) is 0 Å². The average molecular weight is 295 g/mol. The van der Waals surface area contributed by atoms with Crippen LogP contribution in [0.15, 0.2) is 18.2 Å². The fourth-order valence-electron chi connectivity index (χ4n) is 1.13. The highest BCUT2D eigenvalue weighted by atomic mass is 127. The van der Waals surface area contributed by atoms with E-state index in [1.807, 2.05) is 28.7 Å². The number of hydrogen-bond acceptors (Lipinski definition) is 2. The van der Waals surface area contributed by atoms with E-state index in [0.717, 1.165) is 3.57 Å². The van der Waals surface area contributed by atoms with Gasteiger partial charge >= 0.3 is 0 Å². The molecule has 0 aliphatic heterocycles. The fourth-order valence-corrected chi connectivity index (χ4v) is 1.58. The first-order valence-electron chi connectivity index (χ1n) is 3.92. The van der Waals surface area contributed by atoms with E-state index in [-0.39, 0.29) is 18.5 Å². The quantitative estimate of drug-likeness (QED) is 0.832. The van der Waals surface area contributed by atoms with Gasteiger partial charge < -0.3 is 10.4 Å². The number of halogens is 2. The molecule has 72 valence electrons. The summed E-state index contributed by atoms with van der Waals surface area (Å²) in [6.45, 7) is -0.103. The van der Waals surface area contributed by atoms with Crippen molar-refractivity contribution in [2.45, 2.75) is 6.04 Å². The summed E-state index contributed by atoms with van der Waals surface area (Å²) in [7, 11) is 1.69. The Morgan fingerprint density at radius 3 is 2.77 bits per heavy atom. The maximum absolute atomic E-state index is 13.3. The molecule has 0 spiro atoms. The van der Waals surface area contributed by atoms with Crippen LogP contribution in [-0.2, 0) is 0 Å². The van der Waals surface area contributed by atoms with Crippen molar-refractivity contribution in [3.63, 3.8) is 0 Å². The predicted molar refractivity (Wildman–Crippen MR) is 58.0 cm³/mol. The van der Waals surface area contributed by atoms with Crippen molar-refractivity contribution < 1.29 is 9.50 Å². The zero-order valence-corrected chi connectivity index (χ0v) is 9.38. The smallest absolute Gasteiger partial charge is 0.129 e. The van der Waals surface area contributed by atoms with Crippen molar-refractivity contribution in [3.05, 3.63) is 33.1 Å². The second-order valence-corrected chi connectivity index (χ2v) is 3.94. The Labute approximate surface area is 90.3 Å². The maximum Gasteiger partial charge on any atom is 0.129 e. The number of aliphatic hydroxyl groups excluding tert-OH is 1. The molecule has 0 heterocycles. The zero-order chi connectivity index (χ0) is 9.84. The molecular weight excluding hydrogens is 284 g/mol. The van der Waals surface area contributed by atoms with Gasteiger partial charge in [0.1, 0.15) is 5.82 Å². The van der Waals surface area contributed by atoms with Crippen molar-refractivity contribution in [2.24, 2.45) is 0 Å². The van der Waals surface area contributed by atoms with Crippen LogP contribution >= 0.6 is 22.6 Å². The second kappa shape index (κ2) is 4.88. The first kappa shape index (κ1) is 10.9. The molecule has 0 aromatic heterocycles. The van der Waals surface area contributed by atoms with Crippen LogP contribution in [0.25, 0.3) is 0 Å². The van der Waals surface area contributed by atoms with Crippen LogP contribution in [0, 0.1) is 9.39 Å². The minimum absolute atomic E-state index is 0.103. The van der Waals surface area contributed by atoms with Gasteiger partial charge in [0.15, 0.2) is 0 Å². The number of nitrogens with one attached hydrogen (secondary N) is 1. The minimum atomic E-state index is -0.322. The van der Waals surface area contributed by atoms with Crippen molar-refractivity contribution in [2.75, 3.05) is 13.7 Å². The summed E-state index contributed by atoms with van der Waals surface area (Å²) in [4.78, 5) is 0. The number of likely N-dealkylation sites (N-methyl/N-ethyl adjacent to an activating group) is 1. The minimum Gasteiger partial charge on any atom is -0.394 e. The lowest BCUT2D eigenvalue weighted by Gasteiger charge is -2.14. The largest absolute Gasteiger partial charge is 0.394 e. The van der Waals surface area contributed by atoms with Gasteiger partial charge in [-0.25, -0.2) is 4.39 Å². The van der Waals surface area contributed by atoms with Gasteiger partial charge in [0.25, 0.3) is 0 Å². The van der Waals surface area contributed by atoms with E-state index < -0.39 is 0 Å². The SMILES string of the molecule is CN[C@H](CO)c1ccc(I)cc1F. The number of aliphatic hydroxyl groups is 1. The summed E-state index contributed by atoms with van der Waals surface area (Å²) in [5.41, 5.74) is 0.505. The molecule has 1 aromatic rings. The third-order valence-electron chi connectivity index (χ3n) is 1.87. The first-order chi connectivity index (χ1) is 6.19. The van der Waals surface area contributed by atoms with Gasteiger partial charge in [-0.05, 0) is 41.8 Å². The number of benzene rings is 1. The Morgan fingerprint density at radius 2 is 2.31 bits per heavy atom. The lowest BCUT2D eigenvalue weighted by molar-refractivity contribution is 0.248. The molecule has 0 fully saturated rings. The highest BCUT2D eigenvalue weighted by Gasteiger charge is 2.12. The molecule has 1 aromatic carbocycles. The third-order valence-corrected chi connectivity index (χ3v) is 2.54. The fraction of sp³-hybridized carbons (Fsp3) is 0.333. The molecule has 1 rings (SSSR count). The van der Waals surface area contributed by atoms with Crippen molar-refractivity contribution in [3.8, 4) is 0 Å². The Balaban J connectivity index is 2.99. The standard InChI is InChI=1S/C9H11FINO/c1-12-9(5-13)7-3-2-6(11)4-8(7)10/h2-4,9,12-13H,5H2,1H3/t9-/m1/s1. The molecule has 0 saturated carbocycles. The normalized spacial score (nSPS) is 12.9. The number of hydrogen-bond donors (Lipinski definition) is 2. The molecule has 2 nitrogen and oxygen atoms in total. The molecule has 4 heteroatoms. The van der Waals surface area contributed by atoms with Crippen LogP contribution in [0.3, 0.4) is 0 Å². The summed E-state index contributed by atoms with van der Waals surface area (Å²) < 4.78 is 14.2. The Hall–Kier alpha value is -0.200. The molecule has 0 amide bonds. The molecule has 13 heavy (non-hydrogen) atoms. The van der Waals surface area contributed by atoms with E-state index in [4.69, 9.17) is 5.11 Å². The van der Waals surface area contributed by atoms with E-state index in [1.54, 1.807) is 13.1 Å². The van der Waals surface area contributed by atoms with Gasteiger partial charge in [-0.2, -0.15) is 0 Å². The molecule has 1 atom stereocenters. The van der Waals surface area contributed by atoms with Gasteiger partial charge in [0.05, 0.1) is 12.6 Å². The van der Waals surface area contributed by atoms with E-state index in [0.29, 0.717) is 5.56 Å². The van der Waals surface area contributed by atoms with Crippen LogP contribution in [0.5, 0.6) is 0 Å². The van der Waals surface area contributed by atoms with Crippen molar-refractivity contribution >= 4 is 22.6 Å². The van der Waals surface area contributed by atoms with Gasteiger partial charge in [0, 0.05) is 9.13 Å². The molecular formula is C9H11FINO. The van der Waals surface area contributed by atoms with E-state index >= 15 is 0 Å². The molecule has 0 saturated heterocycles. The highest BCUT2D eigenvalue weighted by molar-refractivity contribution is 14.1. The summed E-state index contributed by atoms with van der Waals surface area (Å²) in [5.74, 6) is -0.277. The Kier molecular flexibility index (Phi) is 4.08. The van der Waals surface area contributed by atoms with Crippen LogP contribution < -0.4 is 5.32 Å². The number of rotatable bonds is 3. The van der Waals surface area contributed by atoms with E-state index in [9.17, 15) is 4.39 Å². The third kappa shape index (κ3) is 2.62. The van der Waals surface area contributed by atoms with Gasteiger partial charge in [-0.1, -0.05) is 6.07 Å². The van der Waals surface area contributed by atoms with E-state index in [2.05, 4.69) is 5.32 Å². The summed E-state index contributed by atoms with van der Waals surface area (Å²) in [6, 6.07) is 4.64. The average Bonchev–Trinajstić information content (AvgIpc) is 2.10. The molecule has 0 aliphatic carbocycles. The van der Waals surface area contributed by atoms with Crippen molar-refractivity contribution in [1.29, 1.82) is 0 Å².